The smallest absolute Gasteiger partial charge is 0.229 e. The first-order chi connectivity index (χ1) is 15.8. The van der Waals surface area contributed by atoms with Crippen molar-refractivity contribution in [2.45, 2.75) is 38.8 Å². The third-order valence-electron chi connectivity index (χ3n) is 6.09. The molecule has 7 nitrogen and oxygen atoms in total. The fourth-order valence-corrected chi connectivity index (χ4v) is 4.70. The molecule has 0 spiro atoms. The normalized spacial score (nSPS) is 17.8. The number of rotatable bonds is 10. The first kappa shape index (κ1) is 23.5. The Morgan fingerprint density at radius 1 is 1.21 bits per heavy atom. The summed E-state index contributed by atoms with van der Waals surface area (Å²) in [5, 5.41) is 13.1. The Labute approximate surface area is 195 Å². The van der Waals surface area contributed by atoms with Gasteiger partial charge in [0.15, 0.2) is 0 Å². The standard InChI is InChI=1S/C25H33N3O4Si/c1-31-22-8-6-5-7-18(22)21-14-28(16-32-11-12-33(2,3)4)24-19(21)9-10-23(26-24)27-25(30)20-13-17(20)15-29/h5-10,14,17,20,29H,11-13,15-16H2,1-4H3,(H,26,27,30). The molecule has 0 aliphatic heterocycles. The summed E-state index contributed by atoms with van der Waals surface area (Å²) in [5.41, 5.74) is 2.73. The van der Waals surface area contributed by atoms with Crippen molar-refractivity contribution in [3.8, 4) is 16.9 Å². The Hall–Kier alpha value is -2.68. The third kappa shape index (κ3) is 5.46. The maximum atomic E-state index is 12.5. The number of anilines is 1. The van der Waals surface area contributed by atoms with Crippen LogP contribution in [0.15, 0.2) is 42.6 Å². The number of nitrogens with one attached hydrogen (secondary N) is 1. The number of fused-ring (bicyclic) bond motifs is 1. The molecular formula is C25H33N3O4Si. The summed E-state index contributed by atoms with van der Waals surface area (Å²) in [5.74, 6) is 1.14. The van der Waals surface area contributed by atoms with Gasteiger partial charge in [0.05, 0.1) is 7.11 Å². The predicted molar refractivity (Wildman–Crippen MR) is 133 cm³/mol. The van der Waals surface area contributed by atoms with Gasteiger partial charge in [-0.3, -0.25) is 4.79 Å². The highest BCUT2D eigenvalue weighted by Gasteiger charge is 2.42. The van der Waals surface area contributed by atoms with E-state index in [1.165, 1.54) is 0 Å². The lowest BCUT2D eigenvalue weighted by atomic mass is 10.0. The van der Waals surface area contributed by atoms with Crippen LogP contribution in [0.4, 0.5) is 5.82 Å². The molecule has 1 aromatic carbocycles. The van der Waals surface area contributed by atoms with E-state index >= 15 is 0 Å². The van der Waals surface area contributed by atoms with Gasteiger partial charge in [-0.15, -0.1) is 0 Å². The largest absolute Gasteiger partial charge is 0.496 e. The van der Waals surface area contributed by atoms with Crippen molar-refractivity contribution < 1.29 is 19.4 Å². The lowest BCUT2D eigenvalue weighted by molar-refractivity contribution is -0.117. The monoisotopic (exact) mass is 467 g/mol. The molecule has 2 N–H and O–H groups in total. The van der Waals surface area contributed by atoms with Crippen LogP contribution < -0.4 is 10.1 Å². The summed E-state index contributed by atoms with van der Waals surface area (Å²) < 4.78 is 13.6. The Kier molecular flexibility index (Phi) is 6.88. The number of methoxy groups -OCH3 is 1. The van der Waals surface area contributed by atoms with Crippen LogP contribution in [0.1, 0.15) is 6.42 Å². The number of hydrogen-bond donors (Lipinski definition) is 2. The maximum absolute atomic E-state index is 12.5. The zero-order chi connectivity index (χ0) is 23.6. The molecule has 1 aliphatic carbocycles. The van der Waals surface area contributed by atoms with Crippen LogP contribution in [-0.4, -0.2) is 49.0 Å². The lowest BCUT2D eigenvalue weighted by Crippen LogP contribution is -2.22. The van der Waals surface area contributed by atoms with Gasteiger partial charge >= 0.3 is 0 Å². The van der Waals surface area contributed by atoms with Crippen molar-refractivity contribution in [3.63, 3.8) is 0 Å². The summed E-state index contributed by atoms with van der Waals surface area (Å²) in [7, 11) is 0.486. The van der Waals surface area contributed by atoms with E-state index in [9.17, 15) is 9.90 Å². The van der Waals surface area contributed by atoms with Crippen LogP contribution >= 0.6 is 0 Å². The first-order valence-electron chi connectivity index (χ1n) is 11.4. The average Bonchev–Trinajstić information content (AvgIpc) is 3.51. The third-order valence-corrected chi connectivity index (χ3v) is 7.80. The van der Waals surface area contributed by atoms with Crippen LogP contribution in [0.25, 0.3) is 22.2 Å². The number of aliphatic hydroxyl groups is 1. The van der Waals surface area contributed by atoms with Gasteiger partial charge in [0.25, 0.3) is 0 Å². The molecule has 176 valence electrons. The molecule has 1 fully saturated rings. The number of amides is 1. The highest BCUT2D eigenvalue weighted by Crippen LogP contribution is 2.39. The molecule has 0 radical (unpaired) electrons. The number of para-hydroxylation sites is 1. The number of carbonyl (C=O) groups excluding carboxylic acids is 1. The highest BCUT2D eigenvalue weighted by atomic mass is 28.3. The van der Waals surface area contributed by atoms with E-state index in [1.807, 2.05) is 47.2 Å². The molecule has 2 aromatic heterocycles. The van der Waals surface area contributed by atoms with Crippen molar-refractivity contribution in [1.29, 1.82) is 0 Å². The average molecular weight is 468 g/mol. The zero-order valence-corrected chi connectivity index (χ0v) is 20.8. The van der Waals surface area contributed by atoms with Crippen molar-refractivity contribution in [3.05, 3.63) is 42.6 Å². The zero-order valence-electron chi connectivity index (χ0n) is 19.8. The van der Waals surface area contributed by atoms with E-state index in [2.05, 4.69) is 25.0 Å². The number of aliphatic hydroxyl groups excluding tert-OH is 1. The van der Waals surface area contributed by atoms with E-state index in [0.717, 1.165) is 40.4 Å². The van der Waals surface area contributed by atoms with Gasteiger partial charge in [0.1, 0.15) is 23.9 Å². The number of aromatic nitrogens is 2. The second kappa shape index (κ2) is 9.67. The van der Waals surface area contributed by atoms with E-state index < -0.39 is 8.07 Å². The van der Waals surface area contributed by atoms with Crippen molar-refractivity contribution in [2.24, 2.45) is 11.8 Å². The summed E-state index contributed by atoms with van der Waals surface area (Å²) >= 11 is 0. The molecule has 2 heterocycles. The fraction of sp³-hybridized carbons (Fsp3) is 0.440. The lowest BCUT2D eigenvalue weighted by Gasteiger charge is -2.15. The van der Waals surface area contributed by atoms with Gasteiger partial charge in [0, 0.05) is 49.9 Å². The second-order valence-electron chi connectivity index (χ2n) is 9.90. The predicted octanol–water partition coefficient (Wildman–Crippen LogP) is 4.59. The molecule has 8 heteroatoms. The first-order valence-corrected chi connectivity index (χ1v) is 15.1. The minimum Gasteiger partial charge on any atom is -0.496 e. The molecule has 33 heavy (non-hydrogen) atoms. The summed E-state index contributed by atoms with van der Waals surface area (Å²) in [4.78, 5) is 17.2. The molecular weight excluding hydrogens is 434 g/mol. The Morgan fingerprint density at radius 3 is 2.70 bits per heavy atom. The number of ether oxygens (including phenoxy) is 2. The van der Waals surface area contributed by atoms with Crippen molar-refractivity contribution >= 4 is 30.8 Å². The van der Waals surface area contributed by atoms with Crippen LogP contribution in [0.5, 0.6) is 5.75 Å². The Bertz CT molecular complexity index is 1140. The summed E-state index contributed by atoms with van der Waals surface area (Å²) in [6.45, 7) is 8.14. The fourth-order valence-electron chi connectivity index (χ4n) is 3.94. The number of benzene rings is 1. The second-order valence-corrected chi connectivity index (χ2v) is 15.5. The van der Waals surface area contributed by atoms with Gasteiger partial charge in [0.2, 0.25) is 5.91 Å². The van der Waals surface area contributed by atoms with E-state index in [-0.39, 0.29) is 24.3 Å². The van der Waals surface area contributed by atoms with Crippen LogP contribution in [-0.2, 0) is 16.3 Å². The molecule has 0 saturated heterocycles. The van der Waals surface area contributed by atoms with E-state index in [0.29, 0.717) is 19.2 Å². The number of pyridine rings is 1. The van der Waals surface area contributed by atoms with E-state index in [4.69, 9.17) is 14.5 Å². The van der Waals surface area contributed by atoms with E-state index in [1.54, 1.807) is 7.11 Å². The van der Waals surface area contributed by atoms with Crippen LogP contribution in [0, 0.1) is 11.8 Å². The van der Waals surface area contributed by atoms with Gasteiger partial charge < -0.3 is 24.5 Å². The number of carbonyl (C=O) groups is 1. The van der Waals surface area contributed by atoms with Gasteiger partial charge in [-0.2, -0.15) is 0 Å². The molecule has 4 rings (SSSR count). The molecule has 3 aromatic rings. The number of nitrogens with zero attached hydrogens (tertiary/aromatic N) is 2. The Balaban J connectivity index is 1.64. The molecule has 1 saturated carbocycles. The SMILES string of the molecule is COc1ccccc1-c1cn(COCC[Si](C)(C)C)c2nc(NC(=O)C3CC3CO)ccc12. The number of hydrogen-bond acceptors (Lipinski definition) is 5. The maximum Gasteiger partial charge on any atom is 0.229 e. The highest BCUT2D eigenvalue weighted by molar-refractivity contribution is 6.76. The quantitative estimate of drug-likeness (QED) is 0.336. The molecule has 1 aliphatic rings. The molecule has 2 unspecified atom stereocenters. The van der Waals surface area contributed by atoms with Gasteiger partial charge in [-0.1, -0.05) is 37.8 Å². The molecule has 0 bridgehead atoms. The minimum absolute atomic E-state index is 0.0461. The summed E-state index contributed by atoms with van der Waals surface area (Å²) in [6, 6.07) is 12.8. The summed E-state index contributed by atoms with van der Waals surface area (Å²) in [6.07, 6.45) is 2.77. The van der Waals surface area contributed by atoms with Gasteiger partial charge in [-0.25, -0.2) is 4.98 Å². The van der Waals surface area contributed by atoms with Crippen molar-refractivity contribution in [1.82, 2.24) is 9.55 Å². The van der Waals surface area contributed by atoms with Crippen LogP contribution in [0.3, 0.4) is 0 Å². The topological polar surface area (TPSA) is 85.6 Å². The van der Waals surface area contributed by atoms with Gasteiger partial charge in [-0.05, 0) is 36.6 Å². The van der Waals surface area contributed by atoms with Crippen molar-refractivity contribution in [2.75, 3.05) is 25.6 Å². The molecule has 2 atom stereocenters. The minimum atomic E-state index is -1.18. The molecule has 1 amide bonds. The van der Waals surface area contributed by atoms with Crippen LogP contribution in [0.2, 0.25) is 25.7 Å². The Morgan fingerprint density at radius 2 is 2.00 bits per heavy atom.